The van der Waals surface area contributed by atoms with Gasteiger partial charge in [0.1, 0.15) is 48.3 Å². The number of H-pyrrole nitrogens is 2. The van der Waals surface area contributed by atoms with Gasteiger partial charge in [-0.3, -0.25) is 52.7 Å². The number of carbonyl (C=O) groups is 11. The van der Waals surface area contributed by atoms with Crippen molar-refractivity contribution in [2.24, 2.45) is 35.0 Å². The third kappa shape index (κ3) is 36.8. The number of aromatic amines is 2. The fourth-order valence-electron chi connectivity index (χ4n) is 10.6. The van der Waals surface area contributed by atoms with Crippen molar-refractivity contribution in [1.82, 2.24) is 73.1 Å². The monoisotopic (exact) mass is 1340 g/mol. The maximum atomic E-state index is 14.3. The number of nitrogens with one attached hydrogen (secondary N) is 12. The summed E-state index contributed by atoms with van der Waals surface area (Å²) in [6.45, 7) is 18.1. The second-order valence-corrected chi connectivity index (χ2v) is 26.7. The number of hydrogen-bond donors (Lipinski definition) is 15. The molecule has 538 valence electrons. The van der Waals surface area contributed by atoms with E-state index in [1.165, 1.54) is 104 Å². The minimum Gasteiger partial charge on any atom is -0.368 e. The van der Waals surface area contributed by atoms with Crippen LogP contribution in [0.4, 0.5) is 0 Å². The highest BCUT2D eigenvalue weighted by molar-refractivity contribution is 5.98. The van der Waals surface area contributed by atoms with Gasteiger partial charge in [-0.2, -0.15) is 0 Å². The maximum Gasteiger partial charge on any atom is 0.243 e. The summed E-state index contributed by atoms with van der Waals surface area (Å²) in [4.78, 5) is 161. The Hall–Kier alpha value is -7.49. The van der Waals surface area contributed by atoms with Crippen LogP contribution in [0, 0.1) is 17.8 Å². The van der Waals surface area contributed by atoms with E-state index in [9.17, 15) is 52.7 Å². The van der Waals surface area contributed by atoms with Crippen LogP contribution in [0.1, 0.15) is 228 Å². The Kier molecular flexibility index (Phi) is 41.7. The minimum absolute atomic E-state index is 0.0213. The maximum absolute atomic E-state index is 14.3. The van der Waals surface area contributed by atoms with Crippen LogP contribution in [0.5, 0.6) is 0 Å². The lowest BCUT2D eigenvalue weighted by Gasteiger charge is -2.29. The molecule has 0 aliphatic rings. The summed E-state index contributed by atoms with van der Waals surface area (Å²) in [5, 5.41) is 27.0. The van der Waals surface area contributed by atoms with E-state index in [0.29, 0.717) is 50.0 Å². The van der Waals surface area contributed by atoms with Crippen molar-refractivity contribution in [3.63, 3.8) is 0 Å². The smallest absolute Gasteiger partial charge is 0.243 e. The minimum atomic E-state index is -1.23. The molecule has 28 heteroatoms. The Labute approximate surface area is 563 Å². The Bertz CT molecular complexity index is 2600. The summed E-state index contributed by atoms with van der Waals surface area (Å²) in [5.74, 6) is -7.23. The summed E-state index contributed by atoms with van der Waals surface area (Å²) >= 11 is 0. The molecule has 0 spiro atoms. The standard InChI is InChI=1S/C67H119N17O11/c1-11-12-13-14-15-16-17-18-19-20-21-22-23-30-57(85)73-31-26-24-28-52(58(70)86)80-61(89)47(10)78-59(87)45(8)77-60(88)46(9)79-65(93)54(33-42(2)3)83-67(95)56(35-44(6)7)84-66(94)55(34-43(4)5)82-64(92)53(81-63(91)51(69)37-49-39-72-41-76-49)29-25-27-32-74-62(90)50(68)36-48-38-71-40-75-48/h38-47,50-56H,11-37,68-69H2,1-10H3,(H2,70,86)(H,71,75)(H,72,76)(H,73,85)(H,74,90)(H,77,88)(H,78,87)(H,79,93)(H,80,89)(H,81,91)(H,82,92)(H,83,95)(H,84,94)/t45-,46-,47-,50-,51-,52-,53-,54-,55-,56-/m0/s1. The van der Waals surface area contributed by atoms with E-state index in [0.717, 1.165) is 19.3 Å². The van der Waals surface area contributed by atoms with E-state index < -0.39 is 114 Å². The van der Waals surface area contributed by atoms with E-state index in [1.807, 2.05) is 41.5 Å². The zero-order valence-corrected chi connectivity index (χ0v) is 58.5. The van der Waals surface area contributed by atoms with Gasteiger partial charge < -0.3 is 80.3 Å². The fourth-order valence-corrected chi connectivity index (χ4v) is 10.6. The van der Waals surface area contributed by atoms with Gasteiger partial charge in [0.05, 0.1) is 24.7 Å². The van der Waals surface area contributed by atoms with Crippen molar-refractivity contribution in [1.29, 1.82) is 0 Å². The van der Waals surface area contributed by atoms with Crippen LogP contribution in [0.2, 0.25) is 0 Å². The number of imidazole rings is 2. The van der Waals surface area contributed by atoms with Crippen molar-refractivity contribution in [3.8, 4) is 0 Å². The molecule has 0 aromatic carbocycles. The van der Waals surface area contributed by atoms with Gasteiger partial charge in [-0.25, -0.2) is 9.97 Å². The molecule has 2 heterocycles. The first-order valence-corrected chi connectivity index (χ1v) is 34.8. The number of aromatic nitrogens is 4. The van der Waals surface area contributed by atoms with Crippen molar-refractivity contribution >= 4 is 65.0 Å². The first-order valence-electron chi connectivity index (χ1n) is 34.8. The Morgan fingerprint density at radius 3 is 1.13 bits per heavy atom. The van der Waals surface area contributed by atoms with Crippen LogP contribution in [0.3, 0.4) is 0 Å². The van der Waals surface area contributed by atoms with Crippen LogP contribution >= 0.6 is 0 Å². The number of unbranched alkanes of at least 4 members (excludes halogenated alkanes) is 14. The third-order valence-electron chi connectivity index (χ3n) is 16.2. The second kappa shape index (κ2) is 47.4. The van der Waals surface area contributed by atoms with E-state index in [1.54, 1.807) is 6.20 Å². The summed E-state index contributed by atoms with van der Waals surface area (Å²) in [5.41, 5.74) is 19.3. The van der Waals surface area contributed by atoms with E-state index in [-0.39, 0.29) is 81.1 Å². The van der Waals surface area contributed by atoms with Gasteiger partial charge in [0, 0.05) is 56.1 Å². The fraction of sp³-hybridized carbons (Fsp3) is 0.746. The molecule has 2 aromatic heterocycles. The molecule has 0 unspecified atom stereocenters. The predicted molar refractivity (Wildman–Crippen MR) is 365 cm³/mol. The molecule has 28 nitrogen and oxygen atoms in total. The normalized spacial score (nSPS) is 14.6. The van der Waals surface area contributed by atoms with E-state index >= 15 is 0 Å². The predicted octanol–water partition coefficient (Wildman–Crippen LogP) is 3.19. The molecular weight excluding hydrogens is 1220 g/mol. The molecule has 0 radical (unpaired) electrons. The Balaban J connectivity index is 1.99. The highest BCUT2D eigenvalue weighted by Crippen LogP contribution is 2.16. The molecule has 10 atom stereocenters. The van der Waals surface area contributed by atoms with Crippen molar-refractivity contribution < 1.29 is 52.7 Å². The van der Waals surface area contributed by atoms with Crippen LogP contribution in [0.25, 0.3) is 0 Å². The summed E-state index contributed by atoms with van der Waals surface area (Å²) < 4.78 is 0. The SMILES string of the molecule is CCCCCCCCCCCCCCCC(=O)NCCCC[C@H](NC(=O)[C@H](C)NC(=O)[C@H](C)NC(=O)[C@H](C)NC(=O)[C@H](CC(C)C)NC(=O)[C@H](CC(C)C)NC(=O)[C@H](CC(C)C)NC(=O)[C@H](CCCCNC(=O)[C@@H](N)Cc1cnc[nH]1)NC(=O)[C@@H](N)Cc1cnc[nH]1)C(N)=O. The lowest BCUT2D eigenvalue weighted by atomic mass is 9.98. The lowest BCUT2D eigenvalue weighted by molar-refractivity contribution is -0.136. The molecular formula is C67H119N17O11. The van der Waals surface area contributed by atoms with Gasteiger partial charge in [0.15, 0.2) is 0 Å². The molecule has 18 N–H and O–H groups in total. The number of amides is 11. The first-order chi connectivity index (χ1) is 45.1. The van der Waals surface area contributed by atoms with E-state index in [4.69, 9.17) is 17.2 Å². The number of hydrogen-bond acceptors (Lipinski definition) is 15. The summed E-state index contributed by atoms with van der Waals surface area (Å²) in [6, 6.07) is -11.3. The molecule has 2 aromatic rings. The topological polar surface area (TPSA) is 443 Å². The van der Waals surface area contributed by atoms with Gasteiger partial charge >= 0.3 is 0 Å². The molecule has 0 saturated carbocycles. The highest BCUT2D eigenvalue weighted by atomic mass is 16.2. The number of carbonyl (C=O) groups excluding carboxylic acids is 11. The largest absolute Gasteiger partial charge is 0.368 e. The number of nitrogens with zero attached hydrogens (tertiary/aromatic N) is 2. The van der Waals surface area contributed by atoms with Crippen molar-refractivity contribution in [3.05, 3.63) is 36.4 Å². The number of primary amides is 1. The van der Waals surface area contributed by atoms with Crippen LogP contribution in [-0.2, 0) is 65.6 Å². The van der Waals surface area contributed by atoms with Crippen LogP contribution < -0.4 is 70.4 Å². The molecule has 0 aliphatic carbocycles. The highest BCUT2D eigenvalue weighted by Gasteiger charge is 2.34. The quantitative estimate of drug-likeness (QED) is 0.0423. The Morgan fingerprint density at radius 1 is 0.389 bits per heavy atom. The van der Waals surface area contributed by atoms with Crippen LogP contribution in [0.15, 0.2) is 25.0 Å². The van der Waals surface area contributed by atoms with Gasteiger partial charge in [-0.05, 0) is 103 Å². The van der Waals surface area contributed by atoms with Crippen molar-refractivity contribution in [2.45, 2.75) is 290 Å². The molecule has 95 heavy (non-hydrogen) atoms. The molecule has 0 saturated heterocycles. The summed E-state index contributed by atoms with van der Waals surface area (Å²) in [6.07, 6.45) is 25.3. The zero-order chi connectivity index (χ0) is 70.8. The zero-order valence-electron chi connectivity index (χ0n) is 58.5. The molecule has 0 aliphatic heterocycles. The molecule has 2 rings (SSSR count). The van der Waals surface area contributed by atoms with Gasteiger partial charge in [-0.15, -0.1) is 0 Å². The van der Waals surface area contributed by atoms with Gasteiger partial charge in [-0.1, -0.05) is 126 Å². The molecule has 0 fully saturated rings. The molecule has 0 bridgehead atoms. The van der Waals surface area contributed by atoms with E-state index in [2.05, 4.69) is 80.0 Å². The Morgan fingerprint density at radius 2 is 0.726 bits per heavy atom. The average molecular weight is 1340 g/mol. The van der Waals surface area contributed by atoms with Crippen LogP contribution in [-0.4, -0.2) is 158 Å². The third-order valence-corrected chi connectivity index (χ3v) is 16.2. The number of nitrogens with two attached hydrogens (primary N) is 3. The molecule has 11 amide bonds. The van der Waals surface area contributed by atoms with Gasteiger partial charge in [0.2, 0.25) is 65.0 Å². The summed E-state index contributed by atoms with van der Waals surface area (Å²) in [7, 11) is 0. The second-order valence-electron chi connectivity index (χ2n) is 26.7. The van der Waals surface area contributed by atoms with Crippen molar-refractivity contribution in [2.75, 3.05) is 13.1 Å². The average Bonchev–Trinajstić information content (AvgIpc) is 1.44. The van der Waals surface area contributed by atoms with Gasteiger partial charge in [0.25, 0.3) is 0 Å². The number of rotatable bonds is 52. The first kappa shape index (κ1) is 83.6. The lowest BCUT2D eigenvalue weighted by Crippen LogP contribution is -2.60.